The van der Waals surface area contributed by atoms with Gasteiger partial charge in [-0.1, -0.05) is 48.3 Å². The lowest BCUT2D eigenvalue weighted by Crippen LogP contribution is -2.56. The molecule has 0 unspecified atom stereocenters. The number of urea groups is 1. The van der Waals surface area contributed by atoms with Gasteiger partial charge in [-0.3, -0.25) is 0 Å². The molecule has 1 aromatic heterocycles. The summed E-state index contributed by atoms with van der Waals surface area (Å²) in [5, 5.41) is 17.5. The highest BCUT2D eigenvalue weighted by Crippen LogP contribution is 2.39. The quantitative estimate of drug-likeness (QED) is 0.882. The first kappa shape index (κ1) is 17.0. The highest BCUT2D eigenvalue weighted by molar-refractivity contribution is 5.74. The zero-order valence-electron chi connectivity index (χ0n) is 14.7. The van der Waals surface area contributed by atoms with Crippen molar-refractivity contribution in [1.29, 1.82) is 0 Å². The van der Waals surface area contributed by atoms with E-state index in [0.717, 1.165) is 31.2 Å². The van der Waals surface area contributed by atoms with Crippen LogP contribution in [0.15, 0.2) is 34.9 Å². The topological polar surface area (TPSA) is 91.5 Å². The number of hydrogen-bond donors (Lipinski definition) is 2. The van der Waals surface area contributed by atoms with E-state index in [0.29, 0.717) is 31.2 Å². The lowest BCUT2D eigenvalue weighted by molar-refractivity contribution is -0.0871. The predicted octanol–water partition coefficient (Wildman–Crippen LogP) is 2.57. The lowest BCUT2D eigenvalue weighted by Gasteiger charge is -2.47. The maximum atomic E-state index is 12.5. The smallest absolute Gasteiger partial charge is 0.317 e. The van der Waals surface area contributed by atoms with Gasteiger partial charge in [0.05, 0.1) is 12.1 Å². The van der Waals surface area contributed by atoms with Crippen molar-refractivity contribution in [1.82, 2.24) is 20.4 Å². The standard InChI is InChI=1S/C19H24N4O3/c24-18(23-11-10-19(25)9-5-4-8-15(19)13-23)20-12-16-21-17(22-26-16)14-6-2-1-3-7-14/h1-3,6-7,15,25H,4-5,8-13H2,(H,20,24)/t15-,19-/m0/s1. The average molecular weight is 356 g/mol. The van der Waals surface area contributed by atoms with E-state index >= 15 is 0 Å². The Morgan fingerprint density at radius 3 is 3.00 bits per heavy atom. The number of fused-ring (bicyclic) bond motifs is 1. The molecule has 2 atom stereocenters. The summed E-state index contributed by atoms with van der Waals surface area (Å²) in [4.78, 5) is 18.6. The lowest BCUT2D eigenvalue weighted by atomic mass is 9.71. The molecule has 26 heavy (non-hydrogen) atoms. The van der Waals surface area contributed by atoms with Crippen LogP contribution >= 0.6 is 0 Å². The van der Waals surface area contributed by atoms with Crippen LogP contribution in [-0.4, -0.2) is 44.9 Å². The third-order valence-electron chi connectivity index (χ3n) is 5.61. The highest BCUT2D eigenvalue weighted by Gasteiger charge is 2.43. The molecule has 138 valence electrons. The van der Waals surface area contributed by atoms with E-state index < -0.39 is 5.60 Å². The van der Waals surface area contributed by atoms with Gasteiger partial charge in [0.1, 0.15) is 0 Å². The fourth-order valence-electron chi connectivity index (χ4n) is 4.05. The first-order valence-electron chi connectivity index (χ1n) is 9.27. The van der Waals surface area contributed by atoms with Crippen LogP contribution in [-0.2, 0) is 6.54 Å². The first-order valence-corrected chi connectivity index (χ1v) is 9.27. The van der Waals surface area contributed by atoms with Crippen LogP contribution in [0.5, 0.6) is 0 Å². The molecule has 2 aliphatic rings. The van der Waals surface area contributed by atoms with Crippen LogP contribution in [0.25, 0.3) is 11.4 Å². The van der Waals surface area contributed by atoms with E-state index in [-0.39, 0.29) is 18.5 Å². The van der Waals surface area contributed by atoms with Crippen molar-refractivity contribution in [2.24, 2.45) is 5.92 Å². The van der Waals surface area contributed by atoms with Crippen molar-refractivity contribution in [2.45, 2.75) is 44.2 Å². The summed E-state index contributed by atoms with van der Waals surface area (Å²) in [6.45, 7) is 1.39. The number of likely N-dealkylation sites (tertiary alicyclic amines) is 1. The monoisotopic (exact) mass is 356 g/mol. The number of carbonyl (C=O) groups is 1. The van der Waals surface area contributed by atoms with Crippen LogP contribution in [0, 0.1) is 5.92 Å². The SMILES string of the molecule is O=C(NCc1nc(-c2ccccc2)no1)N1CC[C@@]2(O)CCCC[C@H]2C1. The van der Waals surface area contributed by atoms with E-state index in [4.69, 9.17) is 4.52 Å². The van der Waals surface area contributed by atoms with Crippen LogP contribution < -0.4 is 5.32 Å². The second kappa shape index (κ2) is 7.07. The molecule has 2 fully saturated rings. The van der Waals surface area contributed by atoms with Crippen molar-refractivity contribution in [3.05, 3.63) is 36.2 Å². The van der Waals surface area contributed by atoms with E-state index in [1.165, 1.54) is 0 Å². The Morgan fingerprint density at radius 1 is 1.31 bits per heavy atom. The third kappa shape index (κ3) is 3.44. The summed E-state index contributed by atoms with van der Waals surface area (Å²) < 4.78 is 5.22. The van der Waals surface area contributed by atoms with E-state index in [1.807, 2.05) is 30.3 Å². The van der Waals surface area contributed by atoms with Crippen molar-refractivity contribution in [3.8, 4) is 11.4 Å². The molecular formula is C19H24N4O3. The number of aliphatic hydroxyl groups is 1. The summed E-state index contributed by atoms with van der Waals surface area (Å²) in [5.41, 5.74) is 0.299. The van der Waals surface area contributed by atoms with E-state index in [1.54, 1.807) is 4.90 Å². The molecule has 7 nitrogen and oxygen atoms in total. The van der Waals surface area contributed by atoms with Crippen LogP contribution in [0.4, 0.5) is 4.79 Å². The van der Waals surface area contributed by atoms with Gasteiger partial charge >= 0.3 is 6.03 Å². The number of piperidine rings is 1. The Morgan fingerprint density at radius 2 is 2.15 bits per heavy atom. The van der Waals surface area contributed by atoms with Crippen molar-refractivity contribution >= 4 is 6.03 Å². The molecule has 0 spiro atoms. The molecule has 1 aromatic carbocycles. The van der Waals surface area contributed by atoms with Crippen LogP contribution in [0.1, 0.15) is 38.0 Å². The molecule has 1 aliphatic heterocycles. The minimum absolute atomic E-state index is 0.142. The van der Waals surface area contributed by atoms with Crippen LogP contribution in [0.3, 0.4) is 0 Å². The van der Waals surface area contributed by atoms with E-state index in [2.05, 4.69) is 15.5 Å². The van der Waals surface area contributed by atoms with Gasteiger partial charge in [0.2, 0.25) is 11.7 Å². The number of nitrogens with one attached hydrogen (secondary N) is 1. The number of nitrogens with zero attached hydrogens (tertiary/aromatic N) is 3. The van der Waals surface area contributed by atoms with Gasteiger partial charge in [0, 0.05) is 24.6 Å². The Hall–Kier alpha value is -2.41. The molecule has 1 aliphatic carbocycles. The zero-order valence-corrected chi connectivity index (χ0v) is 14.7. The van der Waals surface area contributed by atoms with Crippen LogP contribution in [0.2, 0.25) is 0 Å². The summed E-state index contributed by atoms with van der Waals surface area (Å²) in [6.07, 6.45) is 4.72. The Balaban J connectivity index is 1.32. The van der Waals surface area contributed by atoms with Gasteiger partial charge in [-0.15, -0.1) is 0 Å². The molecule has 2 aromatic rings. The molecule has 1 saturated heterocycles. The fraction of sp³-hybridized carbons (Fsp3) is 0.526. The second-order valence-corrected chi connectivity index (χ2v) is 7.28. The molecule has 2 N–H and O–H groups in total. The second-order valence-electron chi connectivity index (χ2n) is 7.28. The van der Waals surface area contributed by atoms with Crippen molar-refractivity contribution in [3.63, 3.8) is 0 Å². The molecular weight excluding hydrogens is 332 g/mol. The number of carbonyl (C=O) groups excluding carboxylic acids is 1. The van der Waals surface area contributed by atoms with Gasteiger partial charge < -0.3 is 19.8 Å². The molecule has 0 radical (unpaired) electrons. The molecule has 2 amide bonds. The predicted molar refractivity (Wildman–Crippen MR) is 95.1 cm³/mol. The van der Waals surface area contributed by atoms with Crippen molar-refractivity contribution in [2.75, 3.05) is 13.1 Å². The zero-order chi connectivity index (χ0) is 18.0. The summed E-state index contributed by atoms with van der Waals surface area (Å²) >= 11 is 0. The Bertz CT molecular complexity index is 763. The maximum absolute atomic E-state index is 12.5. The number of aromatic nitrogens is 2. The average Bonchev–Trinajstić information content (AvgIpc) is 3.15. The minimum Gasteiger partial charge on any atom is -0.389 e. The molecule has 0 bridgehead atoms. The maximum Gasteiger partial charge on any atom is 0.317 e. The van der Waals surface area contributed by atoms with E-state index in [9.17, 15) is 9.90 Å². The third-order valence-corrected chi connectivity index (χ3v) is 5.61. The molecule has 7 heteroatoms. The van der Waals surface area contributed by atoms with Gasteiger partial charge in [-0.05, 0) is 19.3 Å². The fourth-order valence-corrected chi connectivity index (χ4v) is 4.05. The van der Waals surface area contributed by atoms with Gasteiger partial charge in [-0.25, -0.2) is 4.79 Å². The summed E-state index contributed by atoms with van der Waals surface area (Å²) in [6, 6.07) is 9.43. The Labute approximate surface area is 152 Å². The summed E-state index contributed by atoms with van der Waals surface area (Å²) in [7, 11) is 0. The number of hydrogen-bond acceptors (Lipinski definition) is 5. The van der Waals surface area contributed by atoms with Gasteiger partial charge in [-0.2, -0.15) is 4.98 Å². The number of benzene rings is 1. The summed E-state index contributed by atoms with van der Waals surface area (Å²) in [5.74, 6) is 1.08. The molecule has 2 heterocycles. The first-order chi connectivity index (χ1) is 12.6. The number of rotatable bonds is 3. The Kier molecular flexibility index (Phi) is 4.63. The van der Waals surface area contributed by atoms with Crippen molar-refractivity contribution < 1.29 is 14.4 Å². The van der Waals surface area contributed by atoms with Gasteiger partial charge in [0.15, 0.2) is 0 Å². The number of amides is 2. The molecule has 4 rings (SSSR count). The minimum atomic E-state index is -0.577. The largest absolute Gasteiger partial charge is 0.389 e. The highest BCUT2D eigenvalue weighted by atomic mass is 16.5. The molecule has 1 saturated carbocycles. The normalized spacial score (nSPS) is 25.6. The van der Waals surface area contributed by atoms with Gasteiger partial charge in [0.25, 0.3) is 0 Å².